The van der Waals surface area contributed by atoms with Crippen molar-refractivity contribution in [3.8, 4) is 0 Å². The fraction of sp³-hybridized carbons (Fsp3) is 0.833. The maximum Gasteiger partial charge on any atom is 0.246 e. The van der Waals surface area contributed by atoms with Gasteiger partial charge in [-0.15, -0.1) is 12.4 Å². The van der Waals surface area contributed by atoms with Gasteiger partial charge in [0.2, 0.25) is 5.89 Å². The summed E-state index contributed by atoms with van der Waals surface area (Å²) in [6.45, 7) is 2.86. The summed E-state index contributed by atoms with van der Waals surface area (Å²) in [5, 5.41) is 4.10. The molecule has 108 valence electrons. The lowest BCUT2D eigenvalue weighted by Gasteiger charge is -2.29. The van der Waals surface area contributed by atoms with Gasteiger partial charge in [0.25, 0.3) is 0 Å². The third-order valence-electron chi connectivity index (χ3n) is 3.84. The fourth-order valence-electron chi connectivity index (χ4n) is 2.51. The summed E-state index contributed by atoms with van der Waals surface area (Å²) in [5.41, 5.74) is 5.82. The Morgan fingerprint density at radius 3 is 2.37 bits per heavy atom. The lowest BCUT2D eigenvalue weighted by molar-refractivity contribution is 0.0400. The van der Waals surface area contributed by atoms with Crippen LogP contribution in [0.15, 0.2) is 4.52 Å². The molecule has 0 amide bonds. The molecule has 3 rings (SSSR count). The average Bonchev–Trinajstić information content (AvgIpc) is 2.91. The van der Waals surface area contributed by atoms with Crippen molar-refractivity contribution in [2.45, 2.75) is 37.1 Å². The van der Waals surface area contributed by atoms with E-state index in [1.165, 1.54) is 0 Å². The number of nitrogens with zero attached hydrogens (tertiary/aromatic N) is 2. The minimum absolute atomic E-state index is 0. The maximum absolute atomic E-state index is 6.32. The van der Waals surface area contributed by atoms with Crippen LogP contribution in [0.3, 0.4) is 0 Å². The first-order chi connectivity index (χ1) is 8.78. The van der Waals surface area contributed by atoms with Crippen LogP contribution < -0.4 is 5.73 Å². The summed E-state index contributed by atoms with van der Waals surface area (Å²) < 4.78 is 16.0. The van der Waals surface area contributed by atoms with Crippen molar-refractivity contribution in [3.63, 3.8) is 0 Å². The van der Waals surface area contributed by atoms with Crippen LogP contribution >= 0.6 is 12.4 Å². The Kier molecular flexibility index (Phi) is 4.78. The molecule has 0 bridgehead atoms. The average molecular weight is 290 g/mol. The van der Waals surface area contributed by atoms with Crippen molar-refractivity contribution in [1.29, 1.82) is 0 Å². The highest BCUT2D eigenvalue weighted by atomic mass is 35.5. The van der Waals surface area contributed by atoms with Crippen LogP contribution in [0.25, 0.3) is 0 Å². The third kappa shape index (κ3) is 3.08. The molecule has 0 unspecified atom stereocenters. The second kappa shape index (κ2) is 6.17. The molecule has 0 radical (unpaired) electrons. The molecule has 0 atom stereocenters. The van der Waals surface area contributed by atoms with E-state index < -0.39 is 5.54 Å². The maximum atomic E-state index is 6.32. The van der Waals surface area contributed by atoms with E-state index in [1.54, 1.807) is 0 Å². The van der Waals surface area contributed by atoms with Crippen LogP contribution in [-0.2, 0) is 15.0 Å². The molecule has 3 heterocycles. The van der Waals surface area contributed by atoms with E-state index in [9.17, 15) is 0 Å². The highest BCUT2D eigenvalue weighted by molar-refractivity contribution is 5.85. The Labute approximate surface area is 118 Å². The summed E-state index contributed by atoms with van der Waals surface area (Å²) in [4.78, 5) is 4.52. The smallest absolute Gasteiger partial charge is 0.246 e. The highest BCUT2D eigenvalue weighted by Gasteiger charge is 2.36. The molecule has 2 aliphatic rings. The first kappa shape index (κ1) is 14.7. The van der Waals surface area contributed by atoms with Gasteiger partial charge in [0, 0.05) is 32.3 Å². The van der Waals surface area contributed by atoms with Crippen molar-refractivity contribution in [2.75, 3.05) is 26.4 Å². The van der Waals surface area contributed by atoms with E-state index in [-0.39, 0.29) is 12.4 Å². The van der Waals surface area contributed by atoms with Crippen LogP contribution in [0.5, 0.6) is 0 Å². The van der Waals surface area contributed by atoms with Gasteiger partial charge in [-0.2, -0.15) is 4.98 Å². The van der Waals surface area contributed by atoms with Crippen molar-refractivity contribution < 1.29 is 14.0 Å². The van der Waals surface area contributed by atoms with Gasteiger partial charge in [-0.3, -0.25) is 0 Å². The van der Waals surface area contributed by atoms with E-state index in [1.807, 2.05) is 0 Å². The van der Waals surface area contributed by atoms with Crippen LogP contribution in [0, 0.1) is 0 Å². The number of rotatable bonds is 2. The lowest BCUT2D eigenvalue weighted by atomic mass is 9.91. The zero-order valence-electron chi connectivity index (χ0n) is 10.8. The normalized spacial score (nSPS) is 23.8. The van der Waals surface area contributed by atoms with E-state index >= 15 is 0 Å². The zero-order valence-corrected chi connectivity index (χ0v) is 11.7. The predicted molar refractivity (Wildman–Crippen MR) is 70.3 cm³/mol. The number of halogens is 1. The largest absolute Gasteiger partial charge is 0.381 e. The molecule has 6 nitrogen and oxygen atoms in total. The summed E-state index contributed by atoms with van der Waals surface area (Å²) in [5.74, 6) is 1.69. The van der Waals surface area contributed by atoms with Crippen molar-refractivity contribution >= 4 is 12.4 Å². The minimum atomic E-state index is -0.505. The Balaban J connectivity index is 0.00000133. The van der Waals surface area contributed by atoms with E-state index in [0.717, 1.165) is 44.7 Å². The predicted octanol–water partition coefficient (Wildman–Crippen LogP) is 1.35. The van der Waals surface area contributed by atoms with Gasteiger partial charge < -0.3 is 19.7 Å². The molecule has 1 aromatic rings. The summed E-state index contributed by atoms with van der Waals surface area (Å²) >= 11 is 0. The van der Waals surface area contributed by atoms with Gasteiger partial charge in [-0.05, 0) is 25.7 Å². The van der Waals surface area contributed by atoms with Crippen molar-refractivity contribution in [2.24, 2.45) is 5.73 Å². The number of aromatic nitrogens is 2. The molecule has 2 N–H and O–H groups in total. The van der Waals surface area contributed by atoms with Gasteiger partial charge in [0.05, 0.1) is 0 Å². The molecule has 0 aromatic carbocycles. The first-order valence-corrected chi connectivity index (χ1v) is 6.56. The highest BCUT2D eigenvalue weighted by Crippen LogP contribution is 2.30. The first-order valence-electron chi connectivity index (χ1n) is 6.56. The lowest BCUT2D eigenvalue weighted by Crippen LogP contribution is -2.42. The molecular formula is C12H20ClN3O3. The molecule has 2 fully saturated rings. The quantitative estimate of drug-likeness (QED) is 0.885. The molecule has 2 saturated heterocycles. The van der Waals surface area contributed by atoms with Crippen molar-refractivity contribution in [3.05, 3.63) is 11.7 Å². The second-order valence-electron chi connectivity index (χ2n) is 5.11. The Bertz CT molecular complexity index is 401. The van der Waals surface area contributed by atoms with E-state index in [2.05, 4.69) is 10.1 Å². The number of hydrogen-bond donors (Lipinski definition) is 1. The molecule has 19 heavy (non-hydrogen) atoms. The van der Waals surface area contributed by atoms with Crippen LogP contribution in [0.1, 0.15) is 43.3 Å². The van der Waals surface area contributed by atoms with E-state index in [0.29, 0.717) is 25.0 Å². The van der Waals surface area contributed by atoms with E-state index in [4.69, 9.17) is 19.7 Å². The monoisotopic (exact) mass is 289 g/mol. The molecule has 7 heteroatoms. The number of nitrogens with two attached hydrogens (primary N) is 1. The van der Waals surface area contributed by atoms with Gasteiger partial charge in [0.1, 0.15) is 5.54 Å². The van der Waals surface area contributed by atoms with Crippen molar-refractivity contribution in [1.82, 2.24) is 10.1 Å². The number of ether oxygens (including phenoxy) is 2. The van der Waals surface area contributed by atoms with Gasteiger partial charge in [-0.25, -0.2) is 0 Å². The van der Waals surface area contributed by atoms with Crippen LogP contribution in [0.4, 0.5) is 0 Å². The minimum Gasteiger partial charge on any atom is -0.381 e. The molecule has 0 spiro atoms. The zero-order chi connectivity index (χ0) is 12.4. The molecule has 1 aromatic heterocycles. The Morgan fingerprint density at radius 2 is 1.68 bits per heavy atom. The Hall–Kier alpha value is -0.690. The second-order valence-corrected chi connectivity index (χ2v) is 5.11. The van der Waals surface area contributed by atoms with Gasteiger partial charge in [0.15, 0.2) is 5.82 Å². The summed E-state index contributed by atoms with van der Waals surface area (Å²) in [7, 11) is 0. The Morgan fingerprint density at radius 1 is 1.05 bits per heavy atom. The summed E-state index contributed by atoms with van der Waals surface area (Å²) in [6, 6.07) is 0. The van der Waals surface area contributed by atoms with Crippen LogP contribution in [-0.4, -0.2) is 36.6 Å². The molecular weight excluding hydrogens is 270 g/mol. The fourth-order valence-corrected chi connectivity index (χ4v) is 2.51. The standard InChI is InChI=1S/C12H19N3O3.ClH/c13-12(3-7-17-8-4-12)11-14-10(15-18-11)9-1-5-16-6-2-9;/h9H,1-8,13H2;1H. The SMILES string of the molecule is Cl.NC1(c2nc(C3CCOCC3)no2)CCOCC1. The third-order valence-corrected chi connectivity index (χ3v) is 3.84. The molecule has 2 aliphatic heterocycles. The molecule has 0 saturated carbocycles. The molecule has 0 aliphatic carbocycles. The number of hydrogen-bond acceptors (Lipinski definition) is 6. The topological polar surface area (TPSA) is 83.4 Å². The summed E-state index contributed by atoms with van der Waals surface area (Å²) in [6.07, 6.45) is 3.39. The van der Waals surface area contributed by atoms with Crippen LogP contribution in [0.2, 0.25) is 0 Å². The van der Waals surface area contributed by atoms with Gasteiger partial charge in [-0.1, -0.05) is 5.16 Å². The van der Waals surface area contributed by atoms with Gasteiger partial charge >= 0.3 is 0 Å².